The molecular weight excluding hydrogens is 456 g/mol. The minimum atomic E-state index is -0.433. The first-order valence-electron chi connectivity index (χ1n) is 9.83. The van der Waals surface area contributed by atoms with E-state index in [0.29, 0.717) is 21.1 Å². The summed E-state index contributed by atoms with van der Waals surface area (Å²) in [5, 5.41) is 11.6. The normalized spacial score (nSPS) is 11.2. The zero-order chi connectivity index (χ0) is 22.5. The standard InChI is InChI=1S/C19H24N6O3S3/c1-5-7-8-11-9-20-15-13(16(27)25(4)19(28)24(15)3)14(11)30-10-12(26)21-17-22-23-18(31-17)29-6-2/h9H,5-8,10H2,1-4H3,(H,21,22,26). The average molecular weight is 481 g/mol. The number of nitrogens with one attached hydrogen (secondary N) is 1. The molecule has 166 valence electrons. The Morgan fingerprint density at radius 3 is 2.65 bits per heavy atom. The fourth-order valence-corrected chi connectivity index (χ4v) is 5.66. The lowest BCUT2D eigenvalue weighted by atomic mass is 10.1. The first-order valence-corrected chi connectivity index (χ1v) is 12.6. The predicted molar refractivity (Wildman–Crippen MR) is 126 cm³/mol. The highest BCUT2D eigenvalue weighted by Gasteiger charge is 2.19. The topological polar surface area (TPSA) is 112 Å². The Kier molecular flexibility index (Phi) is 7.89. The molecule has 0 unspecified atom stereocenters. The minimum Gasteiger partial charge on any atom is -0.300 e. The van der Waals surface area contributed by atoms with Crippen LogP contribution in [0.25, 0.3) is 11.0 Å². The maximum atomic E-state index is 12.9. The molecule has 3 aromatic heterocycles. The summed E-state index contributed by atoms with van der Waals surface area (Å²) in [4.78, 5) is 42.8. The van der Waals surface area contributed by atoms with Gasteiger partial charge in [0.05, 0.1) is 11.1 Å². The number of fused-ring (bicyclic) bond motifs is 1. The van der Waals surface area contributed by atoms with E-state index in [1.165, 1.54) is 34.7 Å². The van der Waals surface area contributed by atoms with E-state index < -0.39 is 11.2 Å². The molecule has 0 radical (unpaired) electrons. The van der Waals surface area contributed by atoms with Crippen molar-refractivity contribution in [2.75, 3.05) is 16.8 Å². The molecule has 3 rings (SSSR count). The van der Waals surface area contributed by atoms with Crippen molar-refractivity contribution < 1.29 is 4.79 Å². The van der Waals surface area contributed by atoms with E-state index >= 15 is 0 Å². The number of unbranched alkanes of at least 4 members (excludes halogenated alkanes) is 1. The van der Waals surface area contributed by atoms with E-state index in [4.69, 9.17) is 0 Å². The number of carbonyl (C=O) groups excluding carboxylic acids is 1. The maximum absolute atomic E-state index is 12.9. The molecule has 0 aromatic carbocycles. The smallest absolute Gasteiger partial charge is 0.300 e. The molecule has 31 heavy (non-hydrogen) atoms. The summed E-state index contributed by atoms with van der Waals surface area (Å²) < 4.78 is 3.24. The molecule has 12 heteroatoms. The number of nitrogens with zero attached hydrogens (tertiary/aromatic N) is 5. The molecule has 3 aromatic rings. The molecule has 9 nitrogen and oxygen atoms in total. The van der Waals surface area contributed by atoms with Gasteiger partial charge in [0.25, 0.3) is 5.56 Å². The Bertz CT molecular complexity index is 1220. The van der Waals surface area contributed by atoms with Crippen LogP contribution in [0.5, 0.6) is 0 Å². The van der Waals surface area contributed by atoms with E-state index in [1.807, 2.05) is 6.92 Å². The Labute approximate surface area is 191 Å². The Balaban J connectivity index is 1.92. The summed E-state index contributed by atoms with van der Waals surface area (Å²) in [5.74, 6) is 0.744. The van der Waals surface area contributed by atoms with E-state index in [2.05, 4.69) is 27.4 Å². The summed E-state index contributed by atoms with van der Waals surface area (Å²) in [6.07, 6.45) is 4.37. The van der Waals surface area contributed by atoms with Gasteiger partial charge in [-0.05, 0) is 24.2 Å². The van der Waals surface area contributed by atoms with Gasteiger partial charge in [0.15, 0.2) is 4.34 Å². The van der Waals surface area contributed by atoms with Crippen molar-refractivity contribution in [1.29, 1.82) is 0 Å². The van der Waals surface area contributed by atoms with Crippen LogP contribution >= 0.6 is 34.9 Å². The highest BCUT2D eigenvalue weighted by Crippen LogP contribution is 2.30. The third kappa shape index (κ3) is 5.18. The number of thioether (sulfide) groups is 2. The van der Waals surface area contributed by atoms with Crippen LogP contribution in [-0.2, 0) is 25.3 Å². The van der Waals surface area contributed by atoms with Gasteiger partial charge in [-0.2, -0.15) is 0 Å². The van der Waals surface area contributed by atoms with Crippen LogP contribution in [-0.4, -0.2) is 41.7 Å². The second-order valence-electron chi connectivity index (χ2n) is 6.76. The first kappa shape index (κ1) is 23.5. The van der Waals surface area contributed by atoms with Gasteiger partial charge in [-0.25, -0.2) is 9.78 Å². The lowest BCUT2D eigenvalue weighted by molar-refractivity contribution is -0.113. The van der Waals surface area contributed by atoms with E-state index in [0.717, 1.165) is 39.5 Å². The second-order valence-corrected chi connectivity index (χ2v) is 10.2. The average Bonchev–Trinajstić information content (AvgIpc) is 3.19. The van der Waals surface area contributed by atoms with Gasteiger partial charge in [0.2, 0.25) is 11.0 Å². The van der Waals surface area contributed by atoms with Crippen LogP contribution in [0.3, 0.4) is 0 Å². The maximum Gasteiger partial charge on any atom is 0.332 e. The Morgan fingerprint density at radius 2 is 1.94 bits per heavy atom. The number of carbonyl (C=O) groups is 1. The van der Waals surface area contributed by atoms with Crippen LogP contribution in [0.2, 0.25) is 0 Å². The highest BCUT2D eigenvalue weighted by molar-refractivity contribution is 8.01. The van der Waals surface area contributed by atoms with Crippen LogP contribution in [0.1, 0.15) is 32.3 Å². The molecule has 0 atom stereocenters. The van der Waals surface area contributed by atoms with Gasteiger partial charge >= 0.3 is 5.69 Å². The number of aromatic nitrogens is 5. The zero-order valence-corrected chi connectivity index (χ0v) is 20.2. The second kappa shape index (κ2) is 10.4. The van der Waals surface area contributed by atoms with Crippen LogP contribution in [0.4, 0.5) is 5.13 Å². The Morgan fingerprint density at radius 1 is 1.16 bits per heavy atom. The number of hydrogen-bond donors (Lipinski definition) is 1. The first-order chi connectivity index (χ1) is 14.9. The molecular formula is C19H24N6O3S3. The molecule has 0 spiro atoms. The zero-order valence-electron chi connectivity index (χ0n) is 17.8. The molecule has 0 saturated carbocycles. The quantitative estimate of drug-likeness (QED) is 0.367. The fraction of sp³-hybridized carbons (Fsp3) is 0.474. The van der Waals surface area contributed by atoms with Crippen LogP contribution in [0, 0.1) is 0 Å². The summed E-state index contributed by atoms with van der Waals surface area (Å²) in [5.41, 5.74) is 0.385. The van der Waals surface area contributed by atoms with Crippen molar-refractivity contribution in [2.24, 2.45) is 14.1 Å². The van der Waals surface area contributed by atoms with Gasteiger partial charge < -0.3 is 0 Å². The predicted octanol–water partition coefficient (Wildman–Crippen LogP) is 2.67. The number of anilines is 1. The molecule has 0 aliphatic rings. The van der Waals surface area contributed by atoms with Crippen molar-refractivity contribution in [3.8, 4) is 0 Å². The Hall–Kier alpha value is -2.18. The van der Waals surface area contributed by atoms with E-state index in [1.54, 1.807) is 25.0 Å². The van der Waals surface area contributed by atoms with Gasteiger partial charge in [-0.15, -0.1) is 22.0 Å². The number of hydrogen-bond acceptors (Lipinski definition) is 9. The van der Waals surface area contributed by atoms with Gasteiger partial charge in [-0.1, -0.05) is 43.4 Å². The SMILES string of the molecule is CCCCc1cnc2c(c1SCC(=O)Nc1nnc(SCC)s1)c(=O)n(C)c(=O)n2C. The van der Waals surface area contributed by atoms with Crippen LogP contribution in [0.15, 0.2) is 25.0 Å². The lowest BCUT2D eigenvalue weighted by Gasteiger charge is -2.14. The van der Waals surface area contributed by atoms with E-state index in [9.17, 15) is 14.4 Å². The van der Waals surface area contributed by atoms with Crippen molar-refractivity contribution in [3.63, 3.8) is 0 Å². The van der Waals surface area contributed by atoms with Crippen LogP contribution < -0.4 is 16.6 Å². The molecule has 1 N–H and O–H groups in total. The molecule has 0 aliphatic heterocycles. The molecule has 1 amide bonds. The molecule has 3 heterocycles. The fourth-order valence-electron chi connectivity index (χ4n) is 2.99. The highest BCUT2D eigenvalue weighted by atomic mass is 32.2. The summed E-state index contributed by atoms with van der Waals surface area (Å²) in [7, 11) is 3.04. The summed E-state index contributed by atoms with van der Waals surface area (Å²) in [6, 6.07) is 0. The molecule has 0 saturated heterocycles. The number of rotatable bonds is 9. The summed E-state index contributed by atoms with van der Waals surface area (Å²) in [6.45, 7) is 4.11. The number of aryl methyl sites for hydroxylation is 2. The molecule has 0 fully saturated rings. The van der Waals surface area contributed by atoms with Crippen molar-refractivity contribution in [3.05, 3.63) is 32.6 Å². The summed E-state index contributed by atoms with van der Waals surface area (Å²) >= 11 is 4.18. The number of amides is 1. The largest absolute Gasteiger partial charge is 0.332 e. The lowest BCUT2D eigenvalue weighted by Crippen LogP contribution is -2.37. The van der Waals surface area contributed by atoms with Gasteiger partial charge in [-0.3, -0.25) is 24.0 Å². The molecule has 0 aliphatic carbocycles. The minimum absolute atomic E-state index is 0.0973. The third-order valence-corrected chi connectivity index (χ3v) is 7.58. The number of pyridine rings is 1. The molecule has 0 bridgehead atoms. The van der Waals surface area contributed by atoms with Crippen molar-refractivity contribution in [1.82, 2.24) is 24.3 Å². The van der Waals surface area contributed by atoms with Crippen molar-refractivity contribution >= 4 is 56.9 Å². The van der Waals surface area contributed by atoms with Gasteiger partial charge in [0.1, 0.15) is 5.65 Å². The van der Waals surface area contributed by atoms with Crippen molar-refractivity contribution in [2.45, 2.75) is 42.3 Å². The van der Waals surface area contributed by atoms with E-state index in [-0.39, 0.29) is 11.7 Å². The monoisotopic (exact) mass is 480 g/mol. The van der Waals surface area contributed by atoms with Gasteiger partial charge in [0, 0.05) is 25.2 Å². The third-order valence-electron chi connectivity index (χ3n) is 4.56.